The minimum Gasteiger partial charge on any atom is -0.393 e. The quantitative estimate of drug-likeness (QED) is 0.345. The third-order valence-corrected chi connectivity index (χ3v) is 12.3. The fraction of sp³-hybridized carbons (Fsp3) is 0.800. The van der Waals surface area contributed by atoms with Gasteiger partial charge in [0.05, 0.1) is 6.10 Å². The summed E-state index contributed by atoms with van der Waals surface area (Å²) in [4.78, 5) is 1.42. The summed E-state index contributed by atoms with van der Waals surface area (Å²) in [6, 6.07) is 10.9. The third kappa shape index (κ3) is 4.10. The van der Waals surface area contributed by atoms with E-state index in [4.69, 9.17) is 0 Å². The van der Waals surface area contributed by atoms with Crippen LogP contribution in [0.15, 0.2) is 35.2 Å². The number of aliphatic hydroxyl groups is 1. The second-order valence-corrected chi connectivity index (χ2v) is 13.8. The first kappa shape index (κ1) is 23.3. The zero-order valence-corrected chi connectivity index (χ0v) is 21.6. The lowest BCUT2D eigenvalue weighted by molar-refractivity contribution is -0.129. The summed E-state index contributed by atoms with van der Waals surface area (Å²) in [5.74, 6) is 6.73. The van der Waals surface area contributed by atoms with Gasteiger partial charge in [-0.3, -0.25) is 0 Å². The molecule has 1 aromatic carbocycles. The average Bonchev–Trinajstić information content (AvgIpc) is 3.15. The Morgan fingerprint density at radius 3 is 2.50 bits per heavy atom. The first-order valence-electron chi connectivity index (χ1n) is 13.8. The van der Waals surface area contributed by atoms with Gasteiger partial charge in [0.2, 0.25) is 0 Å². The highest BCUT2D eigenvalue weighted by atomic mass is 32.2. The Morgan fingerprint density at radius 1 is 0.938 bits per heavy atom. The highest BCUT2D eigenvalue weighted by Crippen LogP contribution is 2.68. The van der Waals surface area contributed by atoms with E-state index in [0.29, 0.717) is 10.8 Å². The van der Waals surface area contributed by atoms with Gasteiger partial charge in [0, 0.05) is 4.90 Å². The molecule has 4 aliphatic carbocycles. The van der Waals surface area contributed by atoms with E-state index in [1.165, 1.54) is 68.4 Å². The van der Waals surface area contributed by atoms with Crippen LogP contribution in [0, 0.1) is 46.3 Å². The molecule has 1 aromatic rings. The zero-order valence-electron chi connectivity index (χ0n) is 20.8. The Morgan fingerprint density at radius 2 is 1.69 bits per heavy atom. The maximum atomic E-state index is 10.3. The molecule has 0 unspecified atom stereocenters. The molecule has 9 atom stereocenters. The fourth-order valence-electron chi connectivity index (χ4n) is 9.52. The predicted octanol–water partition coefficient (Wildman–Crippen LogP) is 8.21. The largest absolute Gasteiger partial charge is 0.393 e. The van der Waals surface area contributed by atoms with Crippen LogP contribution in [-0.2, 0) is 0 Å². The molecule has 178 valence electrons. The molecule has 4 fully saturated rings. The number of thioether (sulfide) groups is 1. The van der Waals surface area contributed by atoms with Gasteiger partial charge < -0.3 is 5.11 Å². The molecule has 1 N–H and O–H groups in total. The van der Waals surface area contributed by atoms with Crippen LogP contribution in [0.1, 0.15) is 91.4 Å². The van der Waals surface area contributed by atoms with E-state index >= 15 is 0 Å². The van der Waals surface area contributed by atoms with Gasteiger partial charge in [0.25, 0.3) is 0 Å². The molecule has 0 bridgehead atoms. The van der Waals surface area contributed by atoms with Gasteiger partial charge in [-0.15, -0.1) is 11.8 Å². The summed E-state index contributed by atoms with van der Waals surface area (Å²) >= 11 is 2.03. The van der Waals surface area contributed by atoms with Crippen molar-refractivity contribution in [2.75, 3.05) is 5.75 Å². The first-order valence-corrected chi connectivity index (χ1v) is 14.8. The van der Waals surface area contributed by atoms with E-state index < -0.39 is 0 Å². The Hall–Kier alpha value is -0.470. The van der Waals surface area contributed by atoms with Gasteiger partial charge >= 0.3 is 0 Å². The third-order valence-electron chi connectivity index (χ3n) is 11.2. The second-order valence-electron chi connectivity index (χ2n) is 12.6. The van der Waals surface area contributed by atoms with Crippen LogP contribution >= 0.6 is 11.8 Å². The Kier molecular flexibility index (Phi) is 6.76. The van der Waals surface area contributed by atoms with Crippen LogP contribution in [0.3, 0.4) is 0 Å². The predicted molar refractivity (Wildman–Crippen MR) is 137 cm³/mol. The molecule has 1 nitrogen and oxygen atoms in total. The molecule has 32 heavy (non-hydrogen) atoms. The molecular weight excluding hydrogens is 408 g/mol. The number of aliphatic hydroxyl groups excluding tert-OH is 1. The monoisotopic (exact) mass is 454 g/mol. The van der Waals surface area contributed by atoms with Crippen molar-refractivity contribution in [1.82, 2.24) is 0 Å². The Bertz CT molecular complexity index is 763. The summed E-state index contributed by atoms with van der Waals surface area (Å²) in [5.41, 5.74) is 1.10. The Labute approximate surface area is 201 Å². The number of hydrogen-bond donors (Lipinski definition) is 1. The van der Waals surface area contributed by atoms with Crippen molar-refractivity contribution in [3.63, 3.8) is 0 Å². The number of hydrogen-bond acceptors (Lipinski definition) is 2. The summed E-state index contributed by atoms with van der Waals surface area (Å²) in [6.07, 6.45) is 14.9. The van der Waals surface area contributed by atoms with Crippen molar-refractivity contribution in [2.45, 2.75) is 102 Å². The van der Waals surface area contributed by atoms with Crippen molar-refractivity contribution in [3.8, 4) is 0 Å². The average molecular weight is 455 g/mol. The normalized spacial score (nSPS) is 44.4. The van der Waals surface area contributed by atoms with Crippen LogP contribution in [-0.4, -0.2) is 17.0 Å². The molecule has 0 saturated heterocycles. The highest BCUT2D eigenvalue weighted by molar-refractivity contribution is 7.99. The standard InChI is InChI=1S/C30H46OS/c1-21(8-7-19-32-24-9-5-4-6-10-24)26-13-14-27-25-12-11-22-20-23(31)15-17-29(22,2)28(25)16-18-30(26,27)3/h4-6,9-10,21-23,25-28,31H,7-8,11-20H2,1-3H3/t21-,22-,23-,25+,26-,27+,28+,29+,30-/m1/s1. The van der Waals surface area contributed by atoms with Crippen LogP contribution < -0.4 is 0 Å². The molecule has 0 spiro atoms. The van der Waals surface area contributed by atoms with Crippen LogP contribution in [0.4, 0.5) is 0 Å². The first-order chi connectivity index (χ1) is 15.4. The van der Waals surface area contributed by atoms with Gasteiger partial charge in [-0.1, -0.05) is 39.0 Å². The van der Waals surface area contributed by atoms with Gasteiger partial charge in [-0.05, 0) is 135 Å². The zero-order chi connectivity index (χ0) is 22.3. The minimum atomic E-state index is -0.0183. The van der Waals surface area contributed by atoms with Gasteiger partial charge in [0.1, 0.15) is 0 Å². The van der Waals surface area contributed by atoms with Crippen molar-refractivity contribution < 1.29 is 5.11 Å². The van der Waals surface area contributed by atoms with E-state index in [0.717, 1.165) is 48.3 Å². The topological polar surface area (TPSA) is 20.2 Å². The van der Waals surface area contributed by atoms with Gasteiger partial charge in [0.15, 0.2) is 0 Å². The van der Waals surface area contributed by atoms with E-state index in [1.807, 2.05) is 11.8 Å². The summed E-state index contributed by atoms with van der Waals surface area (Å²) in [5, 5.41) is 10.3. The maximum Gasteiger partial charge on any atom is 0.0543 e. The summed E-state index contributed by atoms with van der Waals surface area (Å²) in [6.45, 7) is 7.92. The minimum absolute atomic E-state index is 0.0183. The number of rotatable bonds is 6. The number of fused-ring (bicyclic) bond motifs is 5. The second kappa shape index (κ2) is 9.29. The summed E-state index contributed by atoms with van der Waals surface area (Å²) < 4.78 is 0. The molecule has 0 heterocycles. The van der Waals surface area contributed by atoms with Crippen LogP contribution in [0.2, 0.25) is 0 Å². The fourth-order valence-corrected chi connectivity index (χ4v) is 10.4. The maximum absolute atomic E-state index is 10.3. The molecule has 4 aliphatic rings. The van der Waals surface area contributed by atoms with Gasteiger partial charge in [-0.25, -0.2) is 0 Å². The molecule has 0 amide bonds. The lowest BCUT2D eigenvalue weighted by Crippen LogP contribution is -2.54. The molecule has 2 heteroatoms. The lowest BCUT2D eigenvalue weighted by Gasteiger charge is -2.61. The smallest absolute Gasteiger partial charge is 0.0543 e. The van der Waals surface area contributed by atoms with E-state index in [9.17, 15) is 5.11 Å². The molecular formula is C30H46OS. The van der Waals surface area contributed by atoms with Crippen molar-refractivity contribution in [3.05, 3.63) is 30.3 Å². The molecule has 0 radical (unpaired) electrons. The van der Waals surface area contributed by atoms with Crippen molar-refractivity contribution >= 4 is 11.8 Å². The van der Waals surface area contributed by atoms with E-state index in [2.05, 4.69) is 51.1 Å². The van der Waals surface area contributed by atoms with Crippen molar-refractivity contribution in [2.24, 2.45) is 46.3 Å². The van der Waals surface area contributed by atoms with Crippen molar-refractivity contribution in [1.29, 1.82) is 0 Å². The van der Waals surface area contributed by atoms with E-state index in [1.54, 1.807) is 0 Å². The van der Waals surface area contributed by atoms with Gasteiger partial charge in [-0.2, -0.15) is 0 Å². The summed E-state index contributed by atoms with van der Waals surface area (Å²) in [7, 11) is 0. The van der Waals surface area contributed by atoms with E-state index in [-0.39, 0.29) is 6.10 Å². The molecule has 0 aliphatic heterocycles. The molecule has 0 aromatic heterocycles. The molecule has 5 rings (SSSR count). The lowest BCUT2D eigenvalue weighted by atomic mass is 9.44. The van der Waals surface area contributed by atoms with Crippen LogP contribution in [0.5, 0.6) is 0 Å². The highest BCUT2D eigenvalue weighted by Gasteiger charge is 2.60. The Balaban J connectivity index is 1.20. The SMILES string of the molecule is C[C@H](CCCSc1ccccc1)[C@H]1CC[C@H]2[C@@H]3CC[C@@H]4C[C@H](O)CC[C@]4(C)[C@H]3CC[C@]12C. The number of benzene rings is 1. The molecule has 4 saturated carbocycles. The van der Waals surface area contributed by atoms with Crippen LogP contribution in [0.25, 0.3) is 0 Å².